The number of hydrogen-bond donors (Lipinski definition) is 1. The van der Waals surface area contributed by atoms with Gasteiger partial charge in [-0.2, -0.15) is 8.78 Å². The Morgan fingerprint density at radius 2 is 1.78 bits per heavy atom. The van der Waals surface area contributed by atoms with E-state index in [4.69, 9.17) is 16.6 Å². The first-order valence-electron chi connectivity index (χ1n) is 11.4. The summed E-state index contributed by atoms with van der Waals surface area (Å²) < 4.78 is 73.2. The Bertz CT molecular complexity index is 1270. The van der Waals surface area contributed by atoms with Crippen molar-refractivity contribution in [1.29, 1.82) is 0 Å². The van der Waals surface area contributed by atoms with Gasteiger partial charge in [0.2, 0.25) is 5.89 Å². The predicted octanol–water partition coefficient (Wildman–Crippen LogP) is 5.07. The number of hydrogen-bond acceptors (Lipinski definition) is 5. The number of nitrogens with zero attached hydrogens (tertiary/aromatic N) is 4. The summed E-state index contributed by atoms with van der Waals surface area (Å²) in [6.45, 7) is 3.28. The molecular weight excluding hydrogens is 501 g/mol. The van der Waals surface area contributed by atoms with Crippen LogP contribution in [-0.2, 0) is 6.54 Å². The molecule has 3 heterocycles. The Kier molecular flexibility index (Phi) is 6.64. The lowest BCUT2D eigenvalue weighted by molar-refractivity contribution is 0.0280. The van der Waals surface area contributed by atoms with Crippen LogP contribution >= 0.6 is 12.2 Å². The van der Waals surface area contributed by atoms with Crippen molar-refractivity contribution in [2.75, 3.05) is 31.1 Å². The number of thiocarbonyl (C=S) groups is 1. The minimum absolute atomic E-state index is 0.0623. The van der Waals surface area contributed by atoms with Crippen molar-refractivity contribution in [3.63, 3.8) is 0 Å². The highest BCUT2D eigenvalue weighted by Crippen LogP contribution is 2.40. The van der Waals surface area contributed by atoms with Crippen LogP contribution in [0.15, 0.2) is 40.8 Å². The van der Waals surface area contributed by atoms with Crippen molar-refractivity contribution >= 4 is 23.0 Å². The minimum Gasteiger partial charge on any atom is -0.415 e. The molecule has 6 nitrogen and oxygen atoms in total. The molecule has 0 saturated carbocycles. The molecule has 0 bridgehead atoms. The zero-order valence-electron chi connectivity index (χ0n) is 19.0. The van der Waals surface area contributed by atoms with Gasteiger partial charge in [-0.15, -0.1) is 10.2 Å². The molecule has 2 fully saturated rings. The molecule has 1 aromatic heterocycles. The number of rotatable bonds is 5. The van der Waals surface area contributed by atoms with Crippen molar-refractivity contribution in [3.8, 4) is 11.5 Å². The third-order valence-electron chi connectivity index (χ3n) is 6.69. The maximum atomic E-state index is 15.1. The molecule has 5 rings (SSSR count). The van der Waals surface area contributed by atoms with E-state index in [0.29, 0.717) is 5.11 Å². The van der Waals surface area contributed by atoms with E-state index >= 15 is 4.39 Å². The van der Waals surface area contributed by atoms with Crippen LogP contribution in [0.1, 0.15) is 30.7 Å². The van der Waals surface area contributed by atoms with Crippen molar-refractivity contribution in [2.24, 2.45) is 5.41 Å². The quantitative estimate of drug-likeness (QED) is 0.370. The lowest BCUT2D eigenvalue weighted by atomic mass is 9.72. The highest BCUT2D eigenvalue weighted by molar-refractivity contribution is 7.80. The first kappa shape index (κ1) is 24.6. The number of likely N-dealkylation sites (tertiary alicyclic amines) is 1. The predicted molar refractivity (Wildman–Crippen MR) is 126 cm³/mol. The van der Waals surface area contributed by atoms with Crippen molar-refractivity contribution in [2.45, 2.75) is 25.8 Å². The molecule has 12 heteroatoms. The number of nitrogens with one attached hydrogen (secondary N) is 1. The van der Waals surface area contributed by atoms with Crippen LogP contribution in [0.3, 0.4) is 0 Å². The molecular formula is C24H22F5N5OS. The molecule has 0 unspecified atom stereocenters. The fourth-order valence-corrected chi connectivity index (χ4v) is 4.98. The number of halogens is 5. The van der Waals surface area contributed by atoms with Gasteiger partial charge in [0.1, 0.15) is 5.82 Å². The molecule has 36 heavy (non-hydrogen) atoms. The molecule has 190 valence electrons. The first-order chi connectivity index (χ1) is 17.2. The molecule has 0 radical (unpaired) electrons. The number of aromatic nitrogens is 2. The van der Waals surface area contributed by atoms with E-state index in [0.717, 1.165) is 57.2 Å². The van der Waals surface area contributed by atoms with Gasteiger partial charge in [-0.05, 0) is 62.4 Å². The Balaban J connectivity index is 1.39. The van der Waals surface area contributed by atoms with Gasteiger partial charge in [-0.3, -0.25) is 0 Å². The van der Waals surface area contributed by atoms with Crippen LogP contribution in [0.2, 0.25) is 0 Å². The van der Waals surface area contributed by atoms with E-state index in [2.05, 4.69) is 15.5 Å². The largest absolute Gasteiger partial charge is 0.415 e. The zero-order chi connectivity index (χ0) is 25.4. The van der Waals surface area contributed by atoms with Crippen molar-refractivity contribution < 1.29 is 26.4 Å². The zero-order valence-corrected chi connectivity index (χ0v) is 19.8. The first-order valence-corrected chi connectivity index (χ1v) is 11.8. The monoisotopic (exact) mass is 523 g/mol. The van der Waals surface area contributed by atoms with E-state index in [1.165, 1.54) is 18.2 Å². The fourth-order valence-electron chi connectivity index (χ4n) is 4.68. The summed E-state index contributed by atoms with van der Waals surface area (Å²) in [6, 6.07) is 7.41. The van der Waals surface area contributed by atoms with E-state index in [9.17, 15) is 17.6 Å². The summed E-state index contributed by atoms with van der Waals surface area (Å²) >= 11 is 5.72. The van der Waals surface area contributed by atoms with Gasteiger partial charge in [-0.25, -0.2) is 13.2 Å². The van der Waals surface area contributed by atoms with Crippen LogP contribution in [0.4, 0.5) is 27.6 Å². The third-order valence-corrected chi connectivity index (χ3v) is 7.17. The van der Waals surface area contributed by atoms with Gasteiger partial charge < -0.3 is 19.5 Å². The normalized spacial score (nSPS) is 16.9. The number of piperidine rings is 1. The summed E-state index contributed by atoms with van der Waals surface area (Å²) in [5.74, 6) is -3.80. The summed E-state index contributed by atoms with van der Waals surface area (Å²) in [5.41, 5.74) is 0.792. The lowest BCUT2D eigenvalue weighted by Gasteiger charge is -2.54. The maximum Gasteiger partial charge on any atom is 0.314 e. The van der Waals surface area contributed by atoms with Crippen molar-refractivity contribution in [1.82, 2.24) is 20.4 Å². The average Bonchev–Trinajstić information content (AvgIpc) is 3.34. The standard InChI is InChI=1S/C24H22F5N5OS/c25-17-4-3-16(10-19(17)27)34(23(36)33-12-24(13-33)5-7-30-8-6-24)11-15-2-1-14(9-18(15)26)21-31-32-22(35-21)20(28)29/h1-4,9-10,20,30H,5-8,11-13H2. The summed E-state index contributed by atoms with van der Waals surface area (Å²) in [7, 11) is 0. The molecule has 0 amide bonds. The van der Waals surface area contributed by atoms with Crippen LogP contribution in [0.25, 0.3) is 11.5 Å². The Labute approximate surface area is 209 Å². The van der Waals surface area contributed by atoms with Gasteiger partial charge in [0.05, 0.1) is 6.54 Å². The Morgan fingerprint density at radius 1 is 1.03 bits per heavy atom. The second-order valence-electron chi connectivity index (χ2n) is 9.13. The Hall–Kier alpha value is -3.12. The molecule has 2 saturated heterocycles. The molecule has 3 aromatic rings. The smallest absolute Gasteiger partial charge is 0.314 e. The van der Waals surface area contributed by atoms with E-state index in [1.54, 1.807) is 4.90 Å². The van der Waals surface area contributed by atoms with Crippen molar-refractivity contribution in [3.05, 3.63) is 65.3 Å². The fraction of sp³-hybridized carbons (Fsp3) is 0.375. The number of benzene rings is 2. The Morgan fingerprint density at radius 3 is 2.42 bits per heavy atom. The number of anilines is 1. The minimum atomic E-state index is -2.94. The molecule has 0 aliphatic carbocycles. The van der Waals surface area contributed by atoms with Crippen LogP contribution in [0.5, 0.6) is 0 Å². The second kappa shape index (κ2) is 9.74. The van der Waals surface area contributed by atoms with Gasteiger partial charge >= 0.3 is 6.43 Å². The van der Waals surface area contributed by atoms with Crippen LogP contribution in [0, 0.1) is 22.9 Å². The number of alkyl halides is 2. The van der Waals surface area contributed by atoms with Gasteiger partial charge in [0.15, 0.2) is 16.7 Å². The summed E-state index contributed by atoms with van der Waals surface area (Å²) in [4.78, 5) is 3.55. The SMILES string of the molecule is Fc1ccc(N(Cc2ccc(-c3nnc(C(F)F)o3)cc2F)C(=S)N2CC3(CCNCC3)C2)cc1F. The maximum absolute atomic E-state index is 15.1. The van der Waals surface area contributed by atoms with E-state index < -0.39 is 29.8 Å². The van der Waals surface area contributed by atoms with Crippen LogP contribution in [-0.4, -0.2) is 46.4 Å². The lowest BCUT2D eigenvalue weighted by Crippen LogP contribution is -2.63. The average molecular weight is 524 g/mol. The van der Waals surface area contributed by atoms with E-state index in [1.807, 2.05) is 4.90 Å². The highest BCUT2D eigenvalue weighted by atomic mass is 32.1. The van der Waals surface area contributed by atoms with E-state index in [-0.39, 0.29) is 34.7 Å². The molecule has 2 aliphatic heterocycles. The summed E-state index contributed by atoms with van der Waals surface area (Å²) in [6.07, 6.45) is -0.890. The molecule has 1 N–H and O–H groups in total. The van der Waals surface area contributed by atoms with Crippen LogP contribution < -0.4 is 10.2 Å². The second-order valence-corrected chi connectivity index (χ2v) is 9.49. The van der Waals surface area contributed by atoms with Gasteiger partial charge in [-0.1, -0.05) is 6.07 Å². The molecule has 0 atom stereocenters. The topological polar surface area (TPSA) is 57.4 Å². The molecule has 2 aromatic carbocycles. The van der Waals surface area contributed by atoms with Gasteiger partial charge in [0.25, 0.3) is 5.89 Å². The highest BCUT2D eigenvalue weighted by Gasteiger charge is 2.45. The van der Waals surface area contributed by atoms with Gasteiger partial charge in [0, 0.05) is 41.4 Å². The third kappa shape index (κ3) is 4.79. The molecule has 2 aliphatic rings. The molecule has 1 spiro atoms. The summed E-state index contributed by atoms with van der Waals surface area (Å²) in [5, 5.41) is 10.5.